The summed E-state index contributed by atoms with van der Waals surface area (Å²) >= 11 is 0. The molecule has 15 heavy (non-hydrogen) atoms. The normalized spacial score (nSPS) is 24.2. The smallest absolute Gasteiger partial charge is 0.213 e. The summed E-state index contributed by atoms with van der Waals surface area (Å²) in [6, 6.07) is 0. The van der Waals surface area contributed by atoms with E-state index < -0.39 is 0 Å². The molecule has 2 atom stereocenters. The van der Waals surface area contributed by atoms with Gasteiger partial charge >= 0.3 is 0 Å². The number of hydrogen-bond acceptors (Lipinski definition) is 1. The molecule has 2 unspecified atom stereocenters. The molecule has 1 aliphatic carbocycles. The summed E-state index contributed by atoms with van der Waals surface area (Å²) in [4.78, 5) is 12.2. The first-order valence-corrected chi connectivity index (χ1v) is 5.07. The van der Waals surface area contributed by atoms with Crippen LogP contribution in [0.2, 0.25) is 0 Å². The molecule has 80 valence electrons. The van der Waals surface area contributed by atoms with E-state index in [2.05, 4.69) is 32.2 Å². The first-order chi connectivity index (χ1) is 7.21. The monoisotopic (exact) mass is 203 g/mol. The summed E-state index contributed by atoms with van der Waals surface area (Å²) in [5.74, 6) is 0.780. The molecule has 1 aliphatic rings. The van der Waals surface area contributed by atoms with Crippen molar-refractivity contribution in [2.24, 2.45) is 11.8 Å². The van der Waals surface area contributed by atoms with Crippen molar-refractivity contribution in [2.45, 2.75) is 6.92 Å². The van der Waals surface area contributed by atoms with E-state index in [1.807, 2.05) is 12.2 Å². The maximum absolute atomic E-state index is 10.6. The largest absolute Gasteiger partial charge is 0.322 e. The Labute approximate surface area is 91.3 Å². The summed E-state index contributed by atoms with van der Waals surface area (Å²) < 4.78 is 0. The summed E-state index contributed by atoms with van der Waals surface area (Å²) in [7, 11) is 0. The molecule has 0 heterocycles. The van der Waals surface area contributed by atoms with Gasteiger partial charge in [0, 0.05) is 12.5 Å². The molecular weight excluding hydrogens is 186 g/mol. The Morgan fingerprint density at radius 1 is 1.53 bits per heavy atom. The van der Waals surface area contributed by atoms with E-state index in [-0.39, 0.29) is 0 Å². The van der Waals surface area contributed by atoms with Crippen LogP contribution in [0.1, 0.15) is 6.92 Å². The van der Waals surface area contributed by atoms with E-state index in [1.54, 1.807) is 11.1 Å². The Bertz CT molecular complexity index is 306. The van der Waals surface area contributed by atoms with Gasteiger partial charge in [0.15, 0.2) is 0 Å². The van der Waals surface area contributed by atoms with Gasteiger partial charge in [0.25, 0.3) is 0 Å². The van der Waals surface area contributed by atoms with Crippen molar-refractivity contribution in [1.29, 1.82) is 0 Å². The Morgan fingerprint density at radius 2 is 2.27 bits per heavy atom. The highest BCUT2D eigenvalue weighted by Crippen LogP contribution is 2.23. The van der Waals surface area contributed by atoms with Crippen LogP contribution in [0, 0.1) is 11.8 Å². The molecule has 0 aromatic rings. The second-order valence-electron chi connectivity index (χ2n) is 3.74. The van der Waals surface area contributed by atoms with Crippen molar-refractivity contribution >= 4 is 6.41 Å². The van der Waals surface area contributed by atoms with Crippen molar-refractivity contribution in [3.8, 4) is 0 Å². The number of hydrogen-bond donors (Lipinski definition) is 0. The molecule has 1 rings (SSSR count). The number of rotatable bonds is 5. The highest BCUT2D eigenvalue weighted by molar-refractivity contribution is 5.49. The zero-order valence-electron chi connectivity index (χ0n) is 9.10. The fraction of sp³-hybridized carbons (Fsp3) is 0.308. The molecule has 2 nitrogen and oxygen atoms in total. The number of allylic oxidation sites excluding steroid dienone is 4. The molecule has 2 heteroatoms. The van der Waals surface area contributed by atoms with Gasteiger partial charge in [-0.25, -0.2) is 0 Å². The van der Waals surface area contributed by atoms with E-state index in [9.17, 15) is 4.79 Å². The van der Waals surface area contributed by atoms with E-state index in [0.29, 0.717) is 18.4 Å². The second kappa shape index (κ2) is 5.35. The number of amides is 1. The van der Waals surface area contributed by atoms with Gasteiger partial charge in [-0.15, -0.1) is 0 Å². The third-order valence-electron chi connectivity index (χ3n) is 2.69. The molecular formula is C13H17NO. The molecule has 0 aliphatic heterocycles. The fourth-order valence-corrected chi connectivity index (χ4v) is 1.66. The highest BCUT2D eigenvalue weighted by atomic mass is 16.1. The van der Waals surface area contributed by atoms with Crippen molar-refractivity contribution in [1.82, 2.24) is 4.90 Å². The Kier molecular flexibility index (Phi) is 4.10. The van der Waals surface area contributed by atoms with Crippen LogP contribution in [0.15, 0.2) is 49.2 Å². The van der Waals surface area contributed by atoms with Crippen molar-refractivity contribution in [3.63, 3.8) is 0 Å². The number of carbonyl (C=O) groups excluding carboxylic acids is 1. The van der Waals surface area contributed by atoms with Crippen LogP contribution in [-0.4, -0.2) is 17.9 Å². The lowest BCUT2D eigenvalue weighted by atomic mass is 9.87. The van der Waals surface area contributed by atoms with Gasteiger partial charge in [0.05, 0.1) is 0 Å². The summed E-state index contributed by atoms with van der Waals surface area (Å²) in [6.45, 7) is 10.2. The molecule has 0 saturated carbocycles. The topological polar surface area (TPSA) is 20.3 Å². The summed E-state index contributed by atoms with van der Waals surface area (Å²) in [6.07, 6.45) is 10.5. The molecule has 0 fully saturated rings. The molecule has 0 bridgehead atoms. The maximum atomic E-state index is 10.6. The zero-order valence-corrected chi connectivity index (χ0v) is 9.10. The lowest BCUT2D eigenvalue weighted by Crippen LogP contribution is -2.26. The predicted molar refractivity (Wildman–Crippen MR) is 63.0 cm³/mol. The highest BCUT2D eigenvalue weighted by Gasteiger charge is 2.17. The van der Waals surface area contributed by atoms with Gasteiger partial charge in [0.2, 0.25) is 6.41 Å². The maximum Gasteiger partial charge on any atom is 0.213 e. The Hall–Kier alpha value is -1.57. The van der Waals surface area contributed by atoms with Gasteiger partial charge in [-0.3, -0.25) is 4.79 Å². The first kappa shape index (κ1) is 11.5. The molecule has 0 radical (unpaired) electrons. The lowest BCUT2D eigenvalue weighted by Gasteiger charge is -2.25. The Balaban J connectivity index is 2.64. The van der Waals surface area contributed by atoms with E-state index in [4.69, 9.17) is 0 Å². The van der Waals surface area contributed by atoms with Crippen LogP contribution >= 0.6 is 0 Å². The van der Waals surface area contributed by atoms with Gasteiger partial charge in [-0.1, -0.05) is 44.4 Å². The average molecular weight is 203 g/mol. The van der Waals surface area contributed by atoms with Crippen molar-refractivity contribution in [2.75, 3.05) is 6.54 Å². The third kappa shape index (κ3) is 2.94. The fourth-order valence-electron chi connectivity index (χ4n) is 1.66. The molecule has 0 saturated heterocycles. The predicted octanol–water partition coefficient (Wildman–Crippen LogP) is 2.52. The standard InChI is InChI=1S/C13H17NO/c1-4-12-6-7-13(11(3)8-12)9-14(5-2)10-15/h4-8,10-11,13H,1-2,9H2,3H3. The SMILES string of the molecule is C=CC1=CC(C)C(CN(C=C)C=O)C=C1. The van der Waals surface area contributed by atoms with E-state index in [0.717, 1.165) is 12.0 Å². The second-order valence-corrected chi connectivity index (χ2v) is 3.74. The minimum Gasteiger partial charge on any atom is -0.322 e. The van der Waals surface area contributed by atoms with Crippen molar-refractivity contribution < 1.29 is 4.79 Å². The van der Waals surface area contributed by atoms with Crippen LogP contribution in [0.3, 0.4) is 0 Å². The van der Waals surface area contributed by atoms with Crippen LogP contribution in [0.5, 0.6) is 0 Å². The number of nitrogens with zero attached hydrogens (tertiary/aromatic N) is 1. The third-order valence-corrected chi connectivity index (χ3v) is 2.69. The molecule has 0 aromatic carbocycles. The van der Waals surface area contributed by atoms with Gasteiger partial charge < -0.3 is 4.90 Å². The van der Waals surface area contributed by atoms with Crippen LogP contribution in [-0.2, 0) is 4.79 Å². The molecule has 0 N–H and O–H groups in total. The van der Waals surface area contributed by atoms with Crippen molar-refractivity contribution in [3.05, 3.63) is 49.2 Å². The van der Waals surface area contributed by atoms with Gasteiger partial charge in [0.1, 0.15) is 0 Å². The average Bonchev–Trinajstić information content (AvgIpc) is 2.27. The molecule has 0 aromatic heterocycles. The summed E-state index contributed by atoms with van der Waals surface area (Å²) in [5, 5.41) is 0. The van der Waals surface area contributed by atoms with Gasteiger partial charge in [-0.05, 0) is 17.7 Å². The van der Waals surface area contributed by atoms with E-state index >= 15 is 0 Å². The number of carbonyl (C=O) groups is 1. The molecule has 0 spiro atoms. The van der Waals surface area contributed by atoms with Crippen LogP contribution in [0.25, 0.3) is 0 Å². The lowest BCUT2D eigenvalue weighted by molar-refractivity contribution is -0.116. The van der Waals surface area contributed by atoms with Gasteiger partial charge in [-0.2, -0.15) is 0 Å². The zero-order chi connectivity index (χ0) is 11.3. The molecule has 1 amide bonds. The van der Waals surface area contributed by atoms with Crippen LogP contribution in [0.4, 0.5) is 0 Å². The quantitative estimate of drug-likeness (QED) is 0.629. The minimum absolute atomic E-state index is 0.358. The minimum atomic E-state index is 0.358. The van der Waals surface area contributed by atoms with E-state index in [1.165, 1.54) is 0 Å². The summed E-state index contributed by atoms with van der Waals surface area (Å²) in [5.41, 5.74) is 1.15. The first-order valence-electron chi connectivity index (χ1n) is 5.07. The Morgan fingerprint density at radius 3 is 2.73 bits per heavy atom. The van der Waals surface area contributed by atoms with Crippen LogP contribution < -0.4 is 0 Å².